The average Bonchev–Trinajstić information content (AvgIpc) is 2.85. The lowest BCUT2D eigenvalue weighted by Crippen LogP contribution is -2.37. The van der Waals surface area contributed by atoms with Crippen LogP contribution < -0.4 is 16.8 Å². The minimum Gasteiger partial charge on any atom is -0.505 e. The van der Waals surface area contributed by atoms with Crippen LogP contribution in [0.2, 0.25) is 0 Å². The van der Waals surface area contributed by atoms with Crippen molar-refractivity contribution in [1.29, 1.82) is 0 Å². The van der Waals surface area contributed by atoms with E-state index in [4.69, 9.17) is 25.7 Å². The zero-order valence-electron chi connectivity index (χ0n) is 23.2. The monoisotopic (exact) mass is 533 g/mol. The van der Waals surface area contributed by atoms with Gasteiger partial charge in [-0.15, -0.1) is 0 Å². The number of aromatic hydroxyl groups is 1. The molecule has 1 aromatic rings. The number of carbonyl (C=O) groups excluding carboxylic acids is 2. The Morgan fingerprint density at radius 2 is 1.79 bits per heavy atom. The van der Waals surface area contributed by atoms with E-state index in [1.54, 1.807) is 33.1 Å². The number of aliphatic hydroxyl groups is 1. The van der Waals surface area contributed by atoms with Crippen LogP contribution in [0.25, 0.3) is 0 Å². The topological polar surface area (TPSA) is 166 Å². The van der Waals surface area contributed by atoms with E-state index in [1.165, 1.54) is 13.2 Å². The number of allylic oxidation sites excluding steroid dienone is 1. The van der Waals surface area contributed by atoms with Crippen molar-refractivity contribution in [3.05, 3.63) is 41.0 Å². The Labute approximate surface area is 225 Å². The summed E-state index contributed by atoms with van der Waals surface area (Å²) in [7, 11) is 3.05. The molecule has 1 aromatic carbocycles. The van der Waals surface area contributed by atoms with Gasteiger partial charge in [0.25, 0.3) is 5.91 Å². The first kappa shape index (κ1) is 31.1. The number of ether oxygens (including phenoxy) is 3. The van der Waals surface area contributed by atoms with E-state index < -0.39 is 30.5 Å². The van der Waals surface area contributed by atoms with E-state index in [0.717, 1.165) is 0 Å². The molecule has 0 aliphatic carbocycles. The fourth-order valence-electron chi connectivity index (χ4n) is 4.90. The molecule has 38 heavy (non-hydrogen) atoms. The number of primary amides is 1. The zero-order chi connectivity index (χ0) is 28.6. The second kappa shape index (κ2) is 14.2. The van der Waals surface area contributed by atoms with Crippen molar-refractivity contribution in [2.45, 2.75) is 77.8 Å². The third kappa shape index (κ3) is 8.47. The molecular weight excluding hydrogens is 490 g/mol. The molecular formula is C28H43N3O7. The highest BCUT2D eigenvalue weighted by Crippen LogP contribution is 2.34. The lowest BCUT2D eigenvalue weighted by molar-refractivity contribution is -0.112. The molecule has 6 atom stereocenters. The normalized spacial score (nSPS) is 30.9. The van der Waals surface area contributed by atoms with Gasteiger partial charge < -0.3 is 41.2 Å². The molecule has 7 N–H and O–H groups in total. The van der Waals surface area contributed by atoms with Crippen molar-refractivity contribution in [2.75, 3.05) is 25.3 Å². The van der Waals surface area contributed by atoms with Gasteiger partial charge in [-0.1, -0.05) is 26.0 Å². The van der Waals surface area contributed by atoms with Crippen molar-refractivity contribution in [3.8, 4) is 5.75 Å². The molecule has 10 heteroatoms. The van der Waals surface area contributed by atoms with Gasteiger partial charge in [-0.2, -0.15) is 0 Å². The number of benzene rings is 1. The number of aliphatic hydroxyl groups excluding tert-OH is 1. The first-order chi connectivity index (χ1) is 17.9. The number of hydrogen-bond acceptors (Lipinski definition) is 8. The van der Waals surface area contributed by atoms with Gasteiger partial charge >= 0.3 is 6.09 Å². The Balaban J connectivity index is 2.52. The minimum atomic E-state index is -0.938. The Morgan fingerprint density at radius 3 is 2.39 bits per heavy atom. The van der Waals surface area contributed by atoms with E-state index in [-0.39, 0.29) is 29.2 Å². The Kier molecular flexibility index (Phi) is 11.6. The van der Waals surface area contributed by atoms with E-state index in [9.17, 15) is 19.8 Å². The van der Waals surface area contributed by atoms with Crippen LogP contribution in [-0.4, -0.2) is 60.8 Å². The number of phenolic OH excluding ortho intramolecular Hbond substituents is 1. The first-order valence-corrected chi connectivity index (χ1v) is 12.8. The number of methoxy groups -OCH3 is 2. The van der Waals surface area contributed by atoms with Crippen molar-refractivity contribution in [1.82, 2.24) is 0 Å². The molecule has 0 aromatic heterocycles. The van der Waals surface area contributed by atoms with Crippen LogP contribution in [0.1, 0.15) is 52.5 Å². The van der Waals surface area contributed by atoms with Gasteiger partial charge in [-0.05, 0) is 68.7 Å². The van der Waals surface area contributed by atoms with Crippen LogP contribution in [0.3, 0.4) is 0 Å². The summed E-state index contributed by atoms with van der Waals surface area (Å²) >= 11 is 0. The molecule has 0 radical (unpaired) electrons. The molecule has 1 unspecified atom stereocenters. The van der Waals surface area contributed by atoms with Gasteiger partial charge in [0.2, 0.25) is 0 Å². The van der Waals surface area contributed by atoms with Crippen LogP contribution in [0, 0.1) is 11.8 Å². The van der Waals surface area contributed by atoms with Gasteiger partial charge in [-0.25, -0.2) is 4.79 Å². The lowest BCUT2D eigenvalue weighted by Gasteiger charge is -2.30. The molecule has 2 bridgehead atoms. The van der Waals surface area contributed by atoms with E-state index in [0.29, 0.717) is 48.1 Å². The number of hydrogen-bond donors (Lipinski definition) is 5. The molecule has 1 aliphatic heterocycles. The summed E-state index contributed by atoms with van der Waals surface area (Å²) in [6.45, 7) is 7.31. The van der Waals surface area contributed by atoms with Crippen LogP contribution in [0.5, 0.6) is 5.75 Å². The number of nitrogen functional groups attached to an aromatic ring is 1. The maximum atomic E-state index is 12.9. The number of nitrogens with one attached hydrogen (secondary N) is 1. The largest absolute Gasteiger partial charge is 0.505 e. The summed E-state index contributed by atoms with van der Waals surface area (Å²) < 4.78 is 16.7. The molecule has 0 spiro atoms. The quantitative estimate of drug-likeness (QED) is 0.170. The molecule has 2 rings (SSSR count). The van der Waals surface area contributed by atoms with Gasteiger partial charge in [0.15, 0.2) is 6.10 Å². The van der Waals surface area contributed by atoms with E-state index >= 15 is 0 Å². The Bertz CT molecular complexity index is 1040. The number of rotatable bonds is 3. The molecule has 0 saturated heterocycles. The van der Waals surface area contributed by atoms with Crippen LogP contribution in [0.15, 0.2) is 35.4 Å². The summed E-state index contributed by atoms with van der Waals surface area (Å²) in [6, 6.07) is 3.20. The van der Waals surface area contributed by atoms with Crippen molar-refractivity contribution in [2.24, 2.45) is 17.6 Å². The molecule has 212 valence electrons. The van der Waals surface area contributed by atoms with Crippen LogP contribution in [0.4, 0.5) is 16.2 Å². The maximum Gasteiger partial charge on any atom is 0.405 e. The smallest absolute Gasteiger partial charge is 0.405 e. The van der Waals surface area contributed by atoms with Crippen LogP contribution >= 0.6 is 0 Å². The van der Waals surface area contributed by atoms with E-state index in [2.05, 4.69) is 5.32 Å². The van der Waals surface area contributed by atoms with E-state index in [1.807, 2.05) is 19.9 Å². The van der Waals surface area contributed by atoms with Gasteiger partial charge in [0, 0.05) is 31.4 Å². The summed E-state index contributed by atoms with van der Waals surface area (Å²) in [5, 5.41) is 24.8. The zero-order valence-corrected chi connectivity index (χ0v) is 23.2. The molecule has 1 aliphatic rings. The third-order valence-corrected chi connectivity index (χ3v) is 7.00. The standard InChI is InChI=1S/C28H43N3O7/c1-15-10-19-13-20(29)14-21(25(19)33)31-27(34)16(2)8-7-9-22(36-5)26(38-28(30)35)18(4)12-17(3)24(32)23(11-15)37-6/h8,12-15,17,22-24,26,32-33H,7,9-11,29H2,1-6H3,(H2,30,35)(H,31,34)/b16-8+,18-12+/t15-,17+,22+,23+,24?,26+/m1/s1. The number of amides is 2. The molecule has 0 fully saturated rings. The number of anilines is 2. The molecule has 2 amide bonds. The third-order valence-electron chi connectivity index (χ3n) is 7.00. The molecule has 0 saturated carbocycles. The van der Waals surface area contributed by atoms with Gasteiger partial charge in [0.1, 0.15) is 5.75 Å². The average molecular weight is 534 g/mol. The van der Waals surface area contributed by atoms with Gasteiger partial charge in [0.05, 0.1) is 24.0 Å². The summed E-state index contributed by atoms with van der Waals surface area (Å²) in [5.41, 5.74) is 13.8. The fourth-order valence-corrected chi connectivity index (χ4v) is 4.90. The molecule has 10 nitrogen and oxygen atoms in total. The van der Waals surface area contributed by atoms with Crippen LogP contribution in [-0.2, 0) is 25.4 Å². The minimum absolute atomic E-state index is 0.00402. The second-order valence-corrected chi connectivity index (χ2v) is 10.2. The van der Waals surface area contributed by atoms with Crippen molar-refractivity contribution in [3.63, 3.8) is 0 Å². The SMILES string of the molecule is CO[C@H]1C[C@H](C)Cc2cc(N)cc(c2O)NC(=O)/C(C)=C/CC[C@H](OC)[C@@H](OC(N)=O)/C(C)=C/[C@H](C)C1O. The van der Waals surface area contributed by atoms with Gasteiger partial charge in [-0.3, -0.25) is 4.79 Å². The Morgan fingerprint density at radius 1 is 1.13 bits per heavy atom. The summed E-state index contributed by atoms with van der Waals surface area (Å²) in [5.74, 6) is -0.774. The molecule has 1 heterocycles. The number of fused-ring (bicyclic) bond motifs is 2. The second-order valence-electron chi connectivity index (χ2n) is 10.2. The highest BCUT2D eigenvalue weighted by Gasteiger charge is 2.30. The number of carbonyl (C=O) groups is 2. The fraction of sp³-hybridized carbons (Fsp3) is 0.571. The van der Waals surface area contributed by atoms with Crippen molar-refractivity contribution < 1.29 is 34.0 Å². The first-order valence-electron chi connectivity index (χ1n) is 12.8. The maximum absolute atomic E-state index is 12.9. The Hall–Kier alpha value is -3.08. The summed E-state index contributed by atoms with van der Waals surface area (Å²) in [4.78, 5) is 24.5. The predicted octanol–water partition coefficient (Wildman–Crippen LogP) is 3.66. The highest BCUT2D eigenvalue weighted by atomic mass is 16.6. The number of nitrogens with two attached hydrogens (primary N) is 2. The summed E-state index contributed by atoms with van der Waals surface area (Å²) in [6.07, 6.45) is 1.77. The van der Waals surface area contributed by atoms with Crippen molar-refractivity contribution >= 4 is 23.4 Å². The highest BCUT2D eigenvalue weighted by molar-refractivity contribution is 6.04. The number of phenols is 1. The predicted molar refractivity (Wildman–Crippen MR) is 147 cm³/mol. The lowest BCUT2D eigenvalue weighted by atomic mass is 9.88.